The van der Waals surface area contributed by atoms with Gasteiger partial charge in [-0.15, -0.1) is 0 Å². The Morgan fingerprint density at radius 1 is 1.28 bits per heavy atom. The molecule has 3 rings (SSSR count). The molecule has 1 amide bonds. The molecule has 2 aromatic rings. The Balaban J connectivity index is 1.60. The minimum absolute atomic E-state index is 0.146. The number of halogens is 1. The first-order valence-electron chi connectivity index (χ1n) is 9.75. The highest BCUT2D eigenvalue weighted by Gasteiger charge is 2.17. The van der Waals surface area contributed by atoms with Crippen LogP contribution in [0.3, 0.4) is 0 Å². The van der Waals surface area contributed by atoms with Gasteiger partial charge in [-0.25, -0.2) is 9.37 Å². The second-order valence-corrected chi connectivity index (χ2v) is 8.10. The van der Waals surface area contributed by atoms with Crippen molar-refractivity contribution in [2.75, 3.05) is 32.1 Å². The normalized spacial score (nSPS) is 14.2. The first-order valence-corrected chi connectivity index (χ1v) is 10.7. The maximum absolute atomic E-state index is 14.0. The average Bonchev–Trinajstić information content (AvgIpc) is 2.73. The van der Waals surface area contributed by atoms with Gasteiger partial charge in [0.2, 0.25) is 5.91 Å². The Labute approximate surface area is 174 Å². The minimum atomic E-state index is -0.322. The van der Waals surface area contributed by atoms with Gasteiger partial charge in [-0.05, 0) is 25.0 Å². The first-order chi connectivity index (χ1) is 14.0. The standard InChI is InChI=1S/C21H26FN3O3S/c1-15-17(14-16-6-3-4-7-18(16)22)20(27)24(2)21(23-15)29-13-5-8-19(26)25-9-11-28-12-10-25/h3-4,6-7H,5,8-14H2,1-2H3. The van der Waals surface area contributed by atoms with Gasteiger partial charge < -0.3 is 9.64 Å². The SMILES string of the molecule is Cc1nc(SCCCC(=O)N2CCOCC2)n(C)c(=O)c1Cc1ccccc1F. The lowest BCUT2D eigenvalue weighted by Gasteiger charge is -2.26. The quantitative estimate of drug-likeness (QED) is 0.392. The van der Waals surface area contributed by atoms with E-state index in [1.807, 2.05) is 4.90 Å². The van der Waals surface area contributed by atoms with Crippen LogP contribution in [0.1, 0.15) is 29.7 Å². The summed E-state index contributed by atoms with van der Waals surface area (Å²) >= 11 is 1.46. The van der Waals surface area contributed by atoms with E-state index in [1.165, 1.54) is 22.4 Å². The number of hydrogen-bond donors (Lipinski definition) is 0. The number of morpholine rings is 1. The molecule has 0 bridgehead atoms. The van der Waals surface area contributed by atoms with Crippen molar-refractivity contribution < 1.29 is 13.9 Å². The van der Waals surface area contributed by atoms with Gasteiger partial charge in [-0.3, -0.25) is 14.2 Å². The number of hydrogen-bond acceptors (Lipinski definition) is 5. The summed E-state index contributed by atoms with van der Waals surface area (Å²) in [7, 11) is 1.68. The van der Waals surface area contributed by atoms with Crippen molar-refractivity contribution in [2.24, 2.45) is 7.05 Å². The van der Waals surface area contributed by atoms with E-state index in [2.05, 4.69) is 4.98 Å². The molecule has 1 aromatic heterocycles. The summed E-state index contributed by atoms with van der Waals surface area (Å²) in [4.78, 5) is 31.4. The summed E-state index contributed by atoms with van der Waals surface area (Å²) in [6.45, 7) is 4.30. The predicted octanol–water partition coefficient (Wildman–Crippen LogP) is 2.55. The molecule has 0 saturated carbocycles. The fraction of sp³-hybridized carbons (Fsp3) is 0.476. The summed E-state index contributed by atoms with van der Waals surface area (Å²) in [6, 6.07) is 6.47. The Kier molecular flexibility index (Phi) is 7.44. The zero-order chi connectivity index (χ0) is 20.8. The zero-order valence-corrected chi connectivity index (χ0v) is 17.6. The van der Waals surface area contributed by atoms with Crippen LogP contribution >= 0.6 is 11.8 Å². The maximum Gasteiger partial charge on any atom is 0.257 e. The third-order valence-corrected chi connectivity index (χ3v) is 6.12. The van der Waals surface area contributed by atoms with Gasteiger partial charge in [0.05, 0.1) is 13.2 Å². The molecule has 1 aliphatic rings. The Morgan fingerprint density at radius 2 is 2.00 bits per heavy atom. The molecule has 156 valence electrons. The van der Waals surface area contributed by atoms with Crippen molar-refractivity contribution in [3.63, 3.8) is 0 Å². The van der Waals surface area contributed by atoms with Crippen LogP contribution in [0.15, 0.2) is 34.2 Å². The third-order valence-electron chi connectivity index (χ3n) is 5.00. The van der Waals surface area contributed by atoms with Crippen LogP contribution in [0.4, 0.5) is 4.39 Å². The number of carbonyl (C=O) groups excluding carboxylic acids is 1. The molecule has 6 nitrogen and oxygen atoms in total. The van der Waals surface area contributed by atoms with Crippen molar-refractivity contribution >= 4 is 17.7 Å². The van der Waals surface area contributed by atoms with Crippen LogP contribution in [0.25, 0.3) is 0 Å². The van der Waals surface area contributed by atoms with Gasteiger partial charge in [-0.2, -0.15) is 0 Å². The van der Waals surface area contributed by atoms with Crippen LogP contribution in [0.5, 0.6) is 0 Å². The zero-order valence-electron chi connectivity index (χ0n) is 16.8. The van der Waals surface area contributed by atoms with E-state index in [9.17, 15) is 14.0 Å². The van der Waals surface area contributed by atoms with E-state index in [4.69, 9.17) is 4.74 Å². The van der Waals surface area contributed by atoms with Gasteiger partial charge >= 0.3 is 0 Å². The summed E-state index contributed by atoms with van der Waals surface area (Å²) in [5, 5.41) is 0.614. The highest BCUT2D eigenvalue weighted by atomic mass is 32.2. The van der Waals surface area contributed by atoms with E-state index in [0.717, 1.165) is 0 Å². The third kappa shape index (κ3) is 5.45. The molecule has 1 aliphatic heterocycles. The Bertz CT molecular complexity index is 926. The average molecular weight is 420 g/mol. The molecule has 0 radical (unpaired) electrons. The van der Waals surface area contributed by atoms with E-state index in [-0.39, 0.29) is 23.7 Å². The number of carbonyl (C=O) groups is 1. The molecule has 1 fully saturated rings. The number of ether oxygens (including phenoxy) is 1. The largest absolute Gasteiger partial charge is 0.378 e. The number of aromatic nitrogens is 2. The lowest BCUT2D eigenvalue weighted by Crippen LogP contribution is -2.40. The number of amides is 1. The number of aryl methyl sites for hydroxylation is 1. The Hall–Kier alpha value is -2.19. The molecule has 0 atom stereocenters. The maximum atomic E-state index is 14.0. The van der Waals surface area contributed by atoms with E-state index in [1.54, 1.807) is 32.2 Å². The fourth-order valence-corrected chi connectivity index (χ4v) is 4.20. The van der Waals surface area contributed by atoms with Crippen molar-refractivity contribution in [2.45, 2.75) is 31.3 Å². The molecule has 0 spiro atoms. The van der Waals surface area contributed by atoms with Crippen molar-refractivity contribution in [3.8, 4) is 0 Å². The van der Waals surface area contributed by atoms with Crippen LogP contribution in [0, 0.1) is 12.7 Å². The second kappa shape index (κ2) is 10.0. The molecule has 0 N–H and O–H groups in total. The summed E-state index contributed by atoms with van der Waals surface area (Å²) < 4.78 is 20.7. The van der Waals surface area contributed by atoms with Gasteiger partial charge in [0.25, 0.3) is 5.56 Å². The monoisotopic (exact) mass is 419 g/mol. The van der Waals surface area contributed by atoms with Crippen LogP contribution in [-0.2, 0) is 23.0 Å². The van der Waals surface area contributed by atoms with Crippen molar-refractivity contribution in [3.05, 3.63) is 57.3 Å². The summed E-state index contributed by atoms with van der Waals surface area (Å²) in [5.41, 5.74) is 1.44. The molecule has 1 aromatic carbocycles. The molecule has 0 unspecified atom stereocenters. The molecular weight excluding hydrogens is 393 g/mol. The lowest BCUT2D eigenvalue weighted by molar-refractivity contribution is -0.135. The molecule has 8 heteroatoms. The minimum Gasteiger partial charge on any atom is -0.378 e. The van der Waals surface area contributed by atoms with Gasteiger partial charge in [0.1, 0.15) is 5.82 Å². The first kappa shape index (κ1) is 21.5. The number of nitrogens with zero attached hydrogens (tertiary/aromatic N) is 3. The molecular formula is C21H26FN3O3S. The highest BCUT2D eigenvalue weighted by molar-refractivity contribution is 7.99. The number of thioether (sulfide) groups is 1. The van der Waals surface area contributed by atoms with Crippen LogP contribution in [0.2, 0.25) is 0 Å². The molecule has 2 heterocycles. The van der Waals surface area contributed by atoms with Gasteiger partial charge in [-0.1, -0.05) is 30.0 Å². The molecule has 0 aliphatic carbocycles. The van der Waals surface area contributed by atoms with E-state index < -0.39 is 0 Å². The topological polar surface area (TPSA) is 64.4 Å². The number of benzene rings is 1. The van der Waals surface area contributed by atoms with Crippen LogP contribution in [-0.4, -0.2) is 52.4 Å². The summed E-state index contributed by atoms with van der Waals surface area (Å²) in [6.07, 6.45) is 1.41. The Morgan fingerprint density at radius 3 is 2.72 bits per heavy atom. The van der Waals surface area contributed by atoms with Gasteiger partial charge in [0.15, 0.2) is 5.16 Å². The molecule has 1 saturated heterocycles. The van der Waals surface area contributed by atoms with E-state index >= 15 is 0 Å². The molecule has 29 heavy (non-hydrogen) atoms. The van der Waals surface area contributed by atoms with Crippen molar-refractivity contribution in [1.82, 2.24) is 14.5 Å². The van der Waals surface area contributed by atoms with E-state index in [0.29, 0.717) is 66.9 Å². The highest BCUT2D eigenvalue weighted by Crippen LogP contribution is 2.19. The van der Waals surface area contributed by atoms with Gasteiger partial charge in [0, 0.05) is 50.0 Å². The summed E-state index contributed by atoms with van der Waals surface area (Å²) in [5.74, 6) is 0.520. The predicted molar refractivity (Wildman–Crippen MR) is 111 cm³/mol. The van der Waals surface area contributed by atoms with Crippen molar-refractivity contribution in [1.29, 1.82) is 0 Å². The fourth-order valence-electron chi connectivity index (χ4n) is 3.25. The smallest absolute Gasteiger partial charge is 0.257 e. The van der Waals surface area contributed by atoms with Crippen LogP contribution < -0.4 is 5.56 Å². The lowest BCUT2D eigenvalue weighted by atomic mass is 10.0. The second-order valence-electron chi connectivity index (χ2n) is 7.04. The number of rotatable bonds is 7.